The van der Waals surface area contributed by atoms with Crippen molar-refractivity contribution < 1.29 is 27.8 Å². The van der Waals surface area contributed by atoms with Gasteiger partial charge >= 0.3 is 0 Å². The van der Waals surface area contributed by atoms with Crippen LogP contribution in [0.5, 0.6) is 5.75 Å². The van der Waals surface area contributed by atoms with Gasteiger partial charge in [0, 0.05) is 6.54 Å². The summed E-state index contributed by atoms with van der Waals surface area (Å²) in [6.07, 6.45) is 4.81. The molecule has 2 bridgehead atoms. The van der Waals surface area contributed by atoms with Crippen molar-refractivity contribution in [2.24, 2.45) is 4.40 Å². The van der Waals surface area contributed by atoms with Crippen LogP contribution in [0, 0.1) is 0 Å². The van der Waals surface area contributed by atoms with E-state index in [2.05, 4.69) is 4.40 Å². The third-order valence-corrected chi connectivity index (χ3v) is 6.96. The van der Waals surface area contributed by atoms with Gasteiger partial charge in [0.05, 0.1) is 37.3 Å². The Morgan fingerprint density at radius 3 is 2.65 bits per heavy atom. The van der Waals surface area contributed by atoms with E-state index < -0.39 is 28.8 Å². The number of para-hydroxylation sites is 1. The second-order valence-corrected chi connectivity index (χ2v) is 10.2. The molecule has 8 nitrogen and oxygen atoms in total. The van der Waals surface area contributed by atoms with E-state index in [-0.39, 0.29) is 18.6 Å². The summed E-state index contributed by atoms with van der Waals surface area (Å²) in [6, 6.07) is 7.12. The number of hydrogen-bond acceptors (Lipinski definition) is 6. The van der Waals surface area contributed by atoms with Gasteiger partial charge in [-0.2, -0.15) is 4.40 Å². The second-order valence-electron chi connectivity index (χ2n) is 8.60. The van der Waals surface area contributed by atoms with E-state index >= 15 is 0 Å². The zero-order valence-corrected chi connectivity index (χ0v) is 18.6. The van der Waals surface area contributed by atoms with Crippen LogP contribution in [0.25, 0.3) is 0 Å². The standard InChI is InChI=1S/C22H30N2O6S/c1-31(27,28)23-18-6-4-12-24-19(18)14-29-16-10-8-15(9-11-16)17-5-2-3-7-20(17)30-21(13-25)22(24)26/h2-3,5,7,15-16,19,21,25H,4,6,8-14H2,1H3/b23-18+/t15?,16?,19?,21-/m0/s1. The number of hydrogen-bond donors (Lipinski definition) is 1. The lowest BCUT2D eigenvalue weighted by atomic mass is 9.82. The van der Waals surface area contributed by atoms with Crippen molar-refractivity contribution in [2.45, 2.75) is 62.7 Å². The fraction of sp³-hybridized carbons (Fsp3) is 0.636. The Balaban J connectivity index is 1.72. The molecule has 0 spiro atoms. The number of rotatable bonds is 2. The van der Waals surface area contributed by atoms with Crippen LogP contribution in [0.1, 0.15) is 50.0 Å². The summed E-state index contributed by atoms with van der Waals surface area (Å²) < 4.78 is 39.9. The van der Waals surface area contributed by atoms with E-state index in [1.54, 1.807) is 4.90 Å². The highest BCUT2D eigenvalue weighted by Crippen LogP contribution is 2.39. The number of sulfonamides is 1. The first-order chi connectivity index (χ1) is 14.9. The molecule has 9 heteroatoms. The molecule has 1 N–H and O–H groups in total. The molecule has 0 radical (unpaired) electrons. The van der Waals surface area contributed by atoms with E-state index in [1.807, 2.05) is 24.3 Å². The van der Waals surface area contributed by atoms with Gasteiger partial charge in [-0.3, -0.25) is 4.79 Å². The normalized spacial score (nSPS) is 31.1. The van der Waals surface area contributed by atoms with Crippen molar-refractivity contribution in [2.75, 3.05) is 26.0 Å². The van der Waals surface area contributed by atoms with Crippen molar-refractivity contribution in [1.29, 1.82) is 0 Å². The zero-order valence-electron chi connectivity index (χ0n) is 17.8. The summed E-state index contributed by atoms with van der Waals surface area (Å²) in [5.74, 6) is 0.562. The number of aliphatic hydroxyl groups is 1. The fourth-order valence-electron chi connectivity index (χ4n) is 4.90. The van der Waals surface area contributed by atoms with Crippen molar-refractivity contribution in [1.82, 2.24) is 4.90 Å². The summed E-state index contributed by atoms with van der Waals surface area (Å²) in [6.45, 7) is 0.161. The Bertz CT molecular complexity index is 939. The van der Waals surface area contributed by atoms with Gasteiger partial charge in [0.15, 0.2) is 6.10 Å². The smallest absolute Gasteiger partial charge is 0.266 e. The predicted molar refractivity (Wildman–Crippen MR) is 116 cm³/mol. The average Bonchev–Trinajstić information content (AvgIpc) is 2.76. The highest BCUT2D eigenvalue weighted by molar-refractivity contribution is 7.89. The number of ether oxygens (including phenoxy) is 2. The summed E-state index contributed by atoms with van der Waals surface area (Å²) in [5.41, 5.74) is 1.49. The Morgan fingerprint density at radius 1 is 1.19 bits per heavy atom. The number of carbonyl (C=O) groups excluding carboxylic acids is 1. The monoisotopic (exact) mass is 450 g/mol. The number of piperidine rings is 1. The topological polar surface area (TPSA) is 106 Å². The highest BCUT2D eigenvalue weighted by Gasteiger charge is 2.38. The fourth-order valence-corrected chi connectivity index (χ4v) is 5.54. The first kappa shape index (κ1) is 22.2. The lowest BCUT2D eigenvalue weighted by molar-refractivity contribution is -0.143. The predicted octanol–water partition coefficient (Wildman–Crippen LogP) is 1.87. The van der Waals surface area contributed by atoms with Crippen LogP contribution in [-0.2, 0) is 19.6 Å². The number of benzene rings is 1. The highest BCUT2D eigenvalue weighted by atomic mass is 32.2. The van der Waals surface area contributed by atoms with E-state index in [0.717, 1.165) is 37.5 Å². The molecule has 1 amide bonds. The minimum Gasteiger partial charge on any atom is -0.478 e. The SMILES string of the molecule is CS(=O)(=O)/N=C1\CCCN2C(=O)[C@H](CO)Oc3ccccc3C3CCC(CC3)OCC12. The molecule has 1 saturated heterocycles. The maximum Gasteiger partial charge on any atom is 0.266 e. The third kappa shape index (κ3) is 5.10. The molecular formula is C22H30N2O6S. The summed E-state index contributed by atoms with van der Waals surface area (Å²) >= 11 is 0. The van der Waals surface area contributed by atoms with Crippen LogP contribution in [0.3, 0.4) is 0 Å². The van der Waals surface area contributed by atoms with Crippen LogP contribution in [-0.4, -0.2) is 74.3 Å². The van der Waals surface area contributed by atoms with E-state index in [9.17, 15) is 18.3 Å². The van der Waals surface area contributed by atoms with Gasteiger partial charge in [-0.1, -0.05) is 18.2 Å². The molecule has 1 unspecified atom stereocenters. The Kier molecular flexibility index (Phi) is 6.64. The van der Waals surface area contributed by atoms with E-state index in [1.165, 1.54) is 0 Å². The summed E-state index contributed by atoms with van der Waals surface area (Å²) in [7, 11) is -3.60. The first-order valence-electron chi connectivity index (χ1n) is 10.9. The minimum absolute atomic E-state index is 0.0667. The van der Waals surface area contributed by atoms with Crippen LogP contribution < -0.4 is 4.74 Å². The molecule has 2 atom stereocenters. The van der Waals surface area contributed by atoms with Crippen LogP contribution in [0.4, 0.5) is 0 Å². The Hall–Kier alpha value is -1.97. The van der Waals surface area contributed by atoms with E-state index in [4.69, 9.17) is 9.47 Å². The maximum atomic E-state index is 13.4. The zero-order chi connectivity index (χ0) is 22.0. The number of aliphatic hydroxyl groups excluding tert-OH is 1. The molecule has 1 aromatic rings. The van der Waals surface area contributed by atoms with Crippen molar-refractivity contribution in [3.63, 3.8) is 0 Å². The van der Waals surface area contributed by atoms with Crippen LogP contribution in [0.15, 0.2) is 28.7 Å². The quantitative estimate of drug-likeness (QED) is 0.738. The van der Waals surface area contributed by atoms with Gasteiger partial charge in [-0.25, -0.2) is 8.42 Å². The second kappa shape index (κ2) is 9.26. The van der Waals surface area contributed by atoms with Crippen LogP contribution in [0.2, 0.25) is 0 Å². The van der Waals surface area contributed by atoms with Crippen molar-refractivity contribution >= 4 is 21.6 Å². The number of carbonyl (C=O) groups is 1. The molecule has 170 valence electrons. The molecule has 1 aliphatic carbocycles. The van der Waals surface area contributed by atoms with Crippen LogP contribution >= 0.6 is 0 Å². The molecule has 3 heterocycles. The van der Waals surface area contributed by atoms with Crippen molar-refractivity contribution in [3.05, 3.63) is 29.8 Å². The molecule has 31 heavy (non-hydrogen) atoms. The largest absolute Gasteiger partial charge is 0.478 e. The molecule has 1 saturated carbocycles. The van der Waals surface area contributed by atoms with Gasteiger partial charge < -0.3 is 19.5 Å². The molecule has 5 rings (SSSR count). The Morgan fingerprint density at radius 2 is 1.94 bits per heavy atom. The Labute approximate surface area is 183 Å². The molecule has 1 aromatic carbocycles. The number of fused-ring (bicyclic) bond motifs is 5. The van der Waals surface area contributed by atoms with Gasteiger partial charge in [-0.05, 0) is 56.1 Å². The number of nitrogens with zero attached hydrogens (tertiary/aromatic N) is 2. The molecule has 2 fully saturated rings. The summed E-state index contributed by atoms with van der Waals surface area (Å²) in [5, 5.41) is 9.99. The number of amides is 1. The van der Waals surface area contributed by atoms with Gasteiger partial charge in [0.2, 0.25) is 10.0 Å². The minimum atomic E-state index is -3.60. The van der Waals surface area contributed by atoms with Gasteiger partial charge in [-0.15, -0.1) is 0 Å². The molecule has 3 aliphatic heterocycles. The van der Waals surface area contributed by atoms with Gasteiger partial charge in [0.25, 0.3) is 5.91 Å². The lowest BCUT2D eigenvalue weighted by Crippen LogP contribution is -2.56. The third-order valence-electron chi connectivity index (χ3n) is 6.39. The maximum absolute atomic E-state index is 13.4. The van der Waals surface area contributed by atoms with E-state index in [0.29, 0.717) is 36.8 Å². The molecule has 0 aromatic heterocycles. The average molecular weight is 451 g/mol. The lowest BCUT2D eigenvalue weighted by Gasteiger charge is -2.38. The van der Waals surface area contributed by atoms with Gasteiger partial charge in [0.1, 0.15) is 5.75 Å². The molecule has 4 aliphatic rings. The molecular weight excluding hydrogens is 420 g/mol. The first-order valence-corrected chi connectivity index (χ1v) is 12.8. The van der Waals surface area contributed by atoms with Crippen molar-refractivity contribution in [3.8, 4) is 5.75 Å². The summed E-state index contributed by atoms with van der Waals surface area (Å²) in [4.78, 5) is 15.0.